The van der Waals surface area contributed by atoms with Crippen LogP contribution in [0.25, 0.3) is 0 Å². The summed E-state index contributed by atoms with van der Waals surface area (Å²) in [6, 6.07) is 4.25. The van der Waals surface area contributed by atoms with Gasteiger partial charge >= 0.3 is 0 Å². The van der Waals surface area contributed by atoms with Crippen molar-refractivity contribution in [3.63, 3.8) is 0 Å². The van der Waals surface area contributed by atoms with Gasteiger partial charge in [0.15, 0.2) is 0 Å². The summed E-state index contributed by atoms with van der Waals surface area (Å²) >= 11 is 5.76. The summed E-state index contributed by atoms with van der Waals surface area (Å²) in [5.41, 5.74) is 0.206. The van der Waals surface area contributed by atoms with E-state index in [-0.39, 0.29) is 22.7 Å². The molecule has 1 unspecified atom stereocenters. The molecule has 1 N–H and O–H groups in total. The Kier molecular flexibility index (Phi) is 5.95. The fourth-order valence-electron chi connectivity index (χ4n) is 1.77. The number of halogens is 1. The first-order valence-corrected chi connectivity index (χ1v) is 6.83. The molecular weight excluding hydrogens is 278 g/mol. The van der Waals surface area contributed by atoms with Crippen LogP contribution in [0.1, 0.15) is 30.8 Å². The number of pyridine rings is 1. The van der Waals surface area contributed by atoms with Crippen LogP contribution in [0, 0.1) is 5.92 Å². The molecule has 0 saturated heterocycles. The zero-order chi connectivity index (χ0) is 15.3. The molecule has 1 aromatic heterocycles. The van der Waals surface area contributed by atoms with Crippen molar-refractivity contribution in [3.8, 4) is 0 Å². The second-order valence-electron chi connectivity index (χ2n) is 5.23. The third-order valence-corrected chi connectivity index (χ3v) is 2.91. The van der Waals surface area contributed by atoms with Crippen molar-refractivity contribution in [1.29, 1.82) is 0 Å². The summed E-state index contributed by atoms with van der Waals surface area (Å²) in [7, 11) is 3.33. The van der Waals surface area contributed by atoms with Crippen LogP contribution < -0.4 is 5.32 Å². The number of nitrogens with one attached hydrogen (secondary N) is 1. The van der Waals surface area contributed by atoms with Crippen LogP contribution >= 0.6 is 11.6 Å². The highest BCUT2D eigenvalue weighted by Gasteiger charge is 2.24. The van der Waals surface area contributed by atoms with Crippen LogP contribution in [0.15, 0.2) is 18.2 Å². The molecule has 0 bridgehead atoms. The average Bonchev–Trinajstić information content (AvgIpc) is 2.36. The van der Waals surface area contributed by atoms with Gasteiger partial charge in [0.05, 0.1) is 0 Å². The number of rotatable bonds is 5. The molecule has 6 heteroatoms. The van der Waals surface area contributed by atoms with E-state index in [9.17, 15) is 9.59 Å². The van der Waals surface area contributed by atoms with E-state index >= 15 is 0 Å². The Balaban J connectivity index is 2.84. The van der Waals surface area contributed by atoms with E-state index in [0.29, 0.717) is 6.42 Å². The maximum Gasteiger partial charge on any atom is 0.270 e. The van der Waals surface area contributed by atoms with Crippen molar-refractivity contribution in [1.82, 2.24) is 15.2 Å². The molecule has 0 saturated carbocycles. The van der Waals surface area contributed by atoms with E-state index in [4.69, 9.17) is 11.6 Å². The molecule has 110 valence electrons. The molecule has 1 aromatic rings. The fourth-order valence-corrected chi connectivity index (χ4v) is 1.94. The van der Waals surface area contributed by atoms with E-state index in [1.165, 1.54) is 4.90 Å². The Morgan fingerprint density at radius 2 is 2.00 bits per heavy atom. The van der Waals surface area contributed by atoms with Crippen LogP contribution in [0.4, 0.5) is 0 Å². The number of likely N-dealkylation sites (N-methyl/N-ethyl adjacent to an activating group) is 1. The Morgan fingerprint density at radius 1 is 1.35 bits per heavy atom. The van der Waals surface area contributed by atoms with Crippen molar-refractivity contribution < 1.29 is 9.59 Å². The second-order valence-corrected chi connectivity index (χ2v) is 5.62. The fraction of sp³-hybridized carbons (Fsp3) is 0.500. The van der Waals surface area contributed by atoms with Crippen LogP contribution in [0.5, 0.6) is 0 Å². The molecule has 0 spiro atoms. The highest BCUT2D eigenvalue weighted by molar-refractivity contribution is 6.29. The quantitative estimate of drug-likeness (QED) is 0.845. The standard InChI is InChI=1S/C14H20ClN3O2/c1-9(2)8-11(14(20)18(3)4)17-13(19)10-6-5-7-12(15)16-10/h5-7,9,11H,8H2,1-4H3,(H,17,19). The van der Waals surface area contributed by atoms with Gasteiger partial charge in [0.25, 0.3) is 5.91 Å². The number of aromatic nitrogens is 1. The molecule has 0 radical (unpaired) electrons. The topological polar surface area (TPSA) is 62.3 Å². The molecular formula is C14H20ClN3O2. The Labute approximate surface area is 124 Å². The number of amides is 2. The van der Waals surface area contributed by atoms with Crippen molar-refractivity contribution >= 4 is 23.4 Å². The minimum Gasteiger partial charge on any atom is -0.347 e. The van der Waals surface area contributed by atoms with E-state index < -0.39 is 11.9 Å². The van der Waals surface area contributed by atoms with Gasteiger partial charge in [-0.25, -0.2) is 4.98 Å². The van der Waals surface area contributed by atoms with Crippen LogP contribution in [-0.4, -0.2) is 41.8 Å². The molecule has 20 heavy (non-hydrogen) atoms. The average molecular weight is 298 g/mol. The smallest absolute Gasteiger partial charge is 0.270 e. The normalized spacial score (nSPS) is 12.1. The van der Waals surface area contributed by atoms with E-state index in [2.05, 4.69) is 10.3 Å². The van der Waals surface area contributed by atoms with Gasteiger partial charge in [-0.1, -0.05) is 31.5 Å². The lowest BCUT2D eigenvalue weighted by molar-refractivity contribution is -0.131. The highest BCUT2D eigenvalue weighted by Crippen LogP contribution is 2.09. The zero-order valence-electron chi connectivity index (χ0n) is 12.2. The van der Waals surface area contributed by atoms with Gasteiger partial charge in [0.1, 0.15) is 16.9 Å². The van der Waals surface area contributed by atoms with Crippen molar-refractivity contribution in [2.45, 2.75) is 26.3 Å². The lowest BCUT2D eigenvalue weighted by Crippen LogP contribution is -2.47. The minimum atomic E-state index is -0.557. The summed E-state index contributed by atoms with van der Waals surface area (Å²) in [6.45, 7) is 4.00. The highest BCUT2D eigenvalue weighted by atomic mass is 35.5. The van der Waals surface area contributed by atoms with Crippen LogP contribution in [-0.2, 0) is 4.79 Å². The lowest BCUT2D eigenvalue weighted by atomic mass is 10.0. The first kappa shape index (κ1) is 16.4. The van der Waals surface area contributed by atoms with Crippen molar-refractivity contribution in [2.75, 3.05) is 14.1 Å². The first-order chi connectivity index (χ1) is 9.31. The number of carbonyl (C=O) groups is 2. The lowest BCUT2D eigenvalue weighted by Gasteiger charge is -2.23. The predicted molar refractivity (Wildman–Crippen MR) is 78.7 cm³/mol. The molecule has 0 aliphatic carbocycles. The molecule has 2 amide bonds. The Bertz CT molecular complexity index is 489. The number of hydrogen-bond donors (Lipinski definition) is 1. The molecule has 0 aliphatic rings. The maximum absolute atomic E-state index is 12.1. The third kappa shape index (κ3) is 4.81. The van der Waals surface area contributed by atoms with Gasteiger partial charge in [-0.15, -0.1) is 0 Å². The van der Waals surface area contributed by atoms with Crippen molar-refractivity contribution in [3.05, 3.63) is 29.0 Å². The molecule has 1 atom stereocenters. The first-order valence-electron chi connectivity index (χ1n) is 6.46. The summed E-state index contributed by atoms with van der Waals surface area (Å²) < 4.78 is 0. The van der Waals surface area contributed by atoms with Gasteiger partial charge < -0.3 is 10.2 Å². The van der Waals surface area contributed by atoms with Gasteiger partial charge in [-0.3, -0.25) is 9.59 Å². The molecule has 1 rings (SSSR count). The predicted octanol–water partition coefficient (Wildman–Crippen LogP) is 1.97. The molecule has 1 heterocycles. The summed E-state index contributed by atoms with van der Waals surface area (Å²) in [4.78, 5) is 29.6. The molecule has 0 aliphatic heterocycles. The van der Waals surface area contributed by atoms with Crippen LogP contribution in [0.3, 0.4) is 0 Å². The molecule has 0 aromatic carbocycles. The largest absolute Gasteiger partial charge is 0.347 e. The maximum atomic E-state index is 12.1. The van der Waals surface area contributed by atoms with Gasteiger partial charge in [0, 0.05) is 14.1 Å². The number of nitrogens with zero attached hydrogens (tertiary/aromatic N) is 2. The monoisotopic (exact) mass is 297 g/mol. The second kappa shape index (κ2) is 7.24. The van der Waals surface area contributed by atoms with E-state index in [0.717, 1.165) is 0 Å². The third-order valence-electron chi connectivity index (χ3n) is 2.70. The Morgan fingerprint density at radius 3 is 2.50 bits per heavy atom. The van der Waals surface area contributed by atoms with E-state index in [1.54, 1.807) is 32.3 Å². The van der Waals surface area contributed by atoms with Crippen LogP contribution in [0.2, 0.25) is 5.15 Å². The molecule has 0 fully saturated rings. The van der Waals surface area contributed by atoms with Gasteiger partial charge in [-0.05, 0) is 24.5 Å². The Hall–Kier alpha value is -1.62. The van der Waals surface area contributed by atoms with Gasteiger partial charge in [0.2, 0.25) is 5.91 Å². The zero-order valence-corrected chi connectivity index (χ0v) is 12.9. The van der Waals surface area contributed by atoms with Crippen molar-refractivity contribution in [2.24, 2.45) is 5.92 Å². The SMILES string of the molecule is CC(C)CC(NC(=O)c1cccc(Cl)n1)C(=O)N(C)C. The van der Waals surface area contributed by atoms with E-state index in [1.807, 2.05) is 13.8 Å². The van der Waals surface area contributed by atoms with Gasteiger partial charge in [-0.2, -0.15) is 0 Å². The summed E-state index contributed by atoms with van der Waals surface area (Å²) in [5.74, 6) is -0.237. The number of carbonyl (C=O) groups excluding carboxylic acids is 2. The summed E-state index contributed by atoms with van der Waals surface area (Å²) in [5, 5.41) is 2.97. The summed E-state index contributed by atoms with van der Waals surface area (Å²) in [6.07, 6.45) is 0.573. The minimum absolute atomic E-state index is 0.130. The number of hydrogen-bond acceptors (Lipinski definition) is 3. The molecule has 5 nitrogen and oxygen atoms in total.